The molecule has 0 aromatic carbocycles. The fourth-order valence-corrected chi connectivity index (χ4v) is 1.87. The average molecular weight is 250 g/mol. The van der Waals surface area contributed by atoms with Crippen LogP contribution in [0.1, 0.15) is 25.8 Å². The molecule has 1 N–H and O–H groups in total. The molecule has 0 radical (unpaired) electrons. The second-order valence-corrected chi connectivity index (χ2v) is 4.16. The summed E-state index contributed by atoms with van der Waals surface area (Å²) in [6.45, 7) is 4.11. The van der Waals surface area contributed by atoms with Crippen LogP contribution in [0.15, 0.2) is 24.5 Å². The fourth-order valence-electron chi connectivity index (χ4n) is 1.87. The standard InChI is InChI=1S/C13H18N2O3/c1-3-15(10(2)8-13(17)18)12(16)9-11-4-6-14-7-5-11/h4-7,10H,3,8-9H2,1-2H3,(H,17,18). The number of pyridine rings is 1. The Hall–Kier alpha value is -1.91. The van der Waals surface area contributed by atoms with Crippen LogP contribution >= 0.6 is 0 Å². The lowest BCUT2D eigenvalue weighted by Gasteiger charge is -2.27. The van der Waals surface area contributed by atoms with Gasteiger partial charge in [-0.25, -0.2) is 0 Å². The molecule has 0 aliphatic heterocycles. The molecule has 0 saturated carbocycles. The molecule has 0 spiro atoms. The molecule has 1 aromatic rings. The third-order valence-electron chi connectivity index (χ3n) is 2.77. The predicted molar refractivity (Wildman–Crippen MR) is 67.0 cm³/mol. The van der Waals surface area contributed by atoms with Gasteiger partial charge in [0.15, 0.2) is 0 Å². The lowest BCUT2D eigenvalue weighted by molar-refractivity contribution is -0.140. The Morgan fingerprint density at radius 3 is 2.50 bits per heavy atom. The Labute approximate surface area is 106 Å². The quantitative estimate of drug-likeness (QED) is 0.827. The molecule has 0 bridgehead atoms. The van der Waals surface area contributed by atoms with Gasteiger partial charge in [-0.15, -0.1) is 0 Å². The van der Waals surface area contributed by atoms with Crippen LogP contribution in [0, 0.1) is 0 Å². The smallest absolute Gasteiger partial charge is 0.305 e. The van der Waals surface area contributed by atoms with Gasteiger partial charge in [-0.2, -0.15) is 0 Å². The third kappa shape index (κ3) is 4.16. The van der Waals surface area contributed by atoms with Crippen molar-refractivity contribution in [3.63, 3.8) is 0 Å². The summed E-state index contributed by atoms with van der Waals surface area (Å²) in [5, 5.41) is 8.75. The number of nitrogens with zero attached hydrogens (tertiary/aromatic N) is 2. The van der Waals surface area contributed by atoms with E-state index in [-0.39, 0.29) is 24.8 Å². The number of rotatable bonds is 6. The molecule has 98 valence electrons. The van der Waals surface area contributed by atoms with E-state index in [1.165, 1.54) is 0 Å². The highest BCUT2D eigenvalue weighted by Crippen LogP contribution is 2.08. The van der Waals surface area contributed by atoms with E-state index in [0.29, 0.717) is 6.54 Å². The number of carboxylic acid groups (broad SMARTS) is 1. The fraction of sp³-hybridized carbons (Fsp3) is 0.462. The third-order valence-corrected chi connectivity index (χ3v) is 2.77. The van der Waals surface area contributed by atoms with Crippen molar-refractivity contribution in [3.05, 3.63) is 30.1 Å². The molecule has 1 heterocycles. The number of carbonyl (C=O) groups is 2. The van der Waals surface area contributed by atoms with Crippen LogP contribution in [0.4, 0.5) is 0 Å². The van der Waals surface area contributed by atoms with Crippen LogP contribution in [0.2, 0.25) is 0 Å². The molecule has 5 nitrogen and oxygen atoms in total. The van der Waals surface area contributed by atoms with Gasteiger partial charge in [0.1, 0.15) is 0 Å². The molecule has 1 amide bonds. The van der Waals surface area contributed by atoms with E-state index in [9.17, 15) is 9.59 Å². The number of aromatic nitrogens is 1. The van der Waals surface area contributed by atoms with E-state index in [0.717, 1.165) is 5.56 Å². The van der Waals surface area contributed by atoms with Crippen LogP contribution in [-0.2, 0) is 16.0 Å². The van der Waals surface area contributed by atoms with Crippen LogP contribution in [0.5, 0.6) is 0 Å². The van der Waals surface area contributed by atoms with E-state index >= 15 is 0 Å². The van der Waals surface area contributed by atoms with Crippen LogP contribution in [0.25, 0.3) is 0 Å². The summed E-state index contributed by atoms with van der Waals surface area (Å²) in [4.78, 5) is 28.2. The van der Waals surface area contributed by atoms with Crippen LogP contribution < -0.4 is 0 Å². The molecule has 1 unspecified atom stereocenters. The van der Waals surface area contributed by atoms with Gasteiger partial charge >= 0.3 is 5.97 Å². The molecule has 0 aliphatic rings. The Kier molecular flexibility index (Phi) is 5.30. The maximum atomic E-state index is 12.1. The first kappa shape index (κ1) is 14.2. The van der Waals surface area contributed by atoms with Gasteiger partial charge in [-0.1, -0.05) is 0 Å². The normalized spacial score (nSPS) is 11.9. The summed E-state index contributed by atoms with van der Waals surface area (Å²) >= 11 is 0. The van der Waals surface area contributed by atoms with E-state index < -0.39 is 5.97 Å². The maximum Gasteiger partial charge on any atom is 0.305 e. The van der Waals surface area contributed by atoms with Crippen molar-refractivity contribution in [1.29, 1.82) is 0 Å². The highest BCUT2D eigenvalue weighted by Gasteiger charge is 2.20. The minimum Gasteiger partial charge on any atom is -0.481 e. The van der Waals surface area contributed by atoms with E-state index in [1.54, 1.807) is 36.4 Å². The summed E-state index contributed by atoms with van der Waals surface area (Å²) in [5.74, 6) is -0.949. The number of hydrogen-bond donors (Lipinski definition) is 1. The zero-order valence-corrected chi connectivity index (χ0v) is 10.7. The number of likely N-dealkylation sites (N-methyl/N-ethyl adjacent to an activating group) is 1. The van der Waals surface area contributed by atoms with Gasteiger partial charge in [-0.05, 0) is 31.5 Å². The molecule has 0 fully saturated rings. The number of amides is 1. The van der Waals surface area contributed by atoms with Crippen molar-refractivity contribution in [2.24, 2.45) is 0 Å². The Bertz CT molecular complexity index is 406. The first-order valence-electron chi connectivity index (χ1n) is 5.94. The molecule has 5 heteroatoms. The molecule has 1 atom stereocenters. The summed E-state index contributed by atoms with van der Waals surface area (Å²) < 4.78 is 0. The van der Waals surface area contributed by atoms with Gasteiger partial charge in [0.05, 0.1) is 12.8 Å². The molecule has 1 rings (SSSR count). The zero-order chi connectivity index (χ0) is 13.5. The number of hydrogen-bond acceptors (Lipinski definition) is 3. The second kappa shape index (κ2) is 6.74. The van der Waals surface area contributed by atoms with Crippen LogP contribution in [-0.4, -0.2) is 39.5 Å². The second-order valence-electron chi connectivity index (χ2n) is 4.16. The number of carboxylic acids is 1. The van der Waals surface area contributed by atoms with E-state index in [4.69, 9.17) is 5.11 Å². The van der Waals surface area contributed by atoms with Crippen molar-refractivity contribution in [1.82, 2.24) is 9.88 Å². The predicted octanol–water partition coefficient (Wildman–Crippen LogP) is 1.34. The van der Waals surface area contributed by atoms with Gasteiger partial charge in [0, 0.05) is 25.0 Å². The molecular weight excluding hydrogens is 232 g/mol. The van der Waals surface area contributed by atoms with Gasteiger partial charge in [0.2, 0.25) is 5.91 Å². The number of aliphatic carboxylic acids is 1. The van der Waals surface area contributed by atoms with Crippen molar-refractivity contribution >= 4 is 11.9 Å². The van der Waals surface area contributed by atoms with Crippen LogP contribution in [0.3, 0.4) is 0 Å². The van der Waals surface area contributed by atoms with E-state index in [2.05, 4.69) is 4.98 Å². The van der Waals surface area contributed by atoms with E-state index in [1.807, 2.05) is 6.92 Å². The Morgan fingerprint density at radius 1 is 1.39 bits per heavy atom. The van der Waals surface area contributed by atoms with Gasteiger partial charge in [-0.3, -0.25) is 14.6 Å². The molecule has 18 heavy (non-hydrogen) atoms. The van der Waals surface area contributed by atoms with Crippen molar-refractivity contribution in [2.75, 3.05) is 6.54 Å². The lowest BCUT2D eigenvalue weighted by Crippen LogP contribution is -2.40. The Morgan fingerprint density at radius 2 is 2.00 bits per heavy atom. The highest BCUT2D eigenvalue weighted by atomic mass is 16.4. The summed E-state index contributed by atoms with van der Waals surface area (Å²) in [6, 6.07) is 3.28. The molecule has 1 aromatic heterocycles. The monoisotopic (exact) mass is 250 g/mol. The highest BCUT2D eigenvalue weighted by molar-refractivity contribution is 5.79. The SMILES string of the molecule is CCN(C(=O)Cc1ccncc1)C(C)CC(=O)O. The number of carbonyl (C=O) groups excluding carboxylic acids is 1. The minimum absolute atomic E-state index is 0.0318. The first-order valence-corrected chi connectivity index (χ1v) is 5.94. The lowest BCUT2D eigenvalue weighted by atomic mass is 10.1. The van der Waals surface area contributed by atoms with Crippen molar-refractivity contribution in [3.8, 4) is 0 Å². The van der Waals surface area contributed by atoms with Gasteiger partial charge in [0.25, 0.3) is 0 Å². The minimum atomic E-state index is -0.891. The summed E-state index contributed by atoms with van der Waals surface area (Å²) in [6.07, 6.45) is 3.52. The van der Waals surface area contributed by atoms with Gasteiger partial charge < -0.3 is 10.0 Å². The summed E-state index contributed by atoms with van der Waals surface area (Å²) in [7, 11) is 0. The summed E-state index contributed by atoms with van der Waals surface area (Å²) in [5.41, 5.74) is 0.885. The van der Waals surface area contributed by atoms with Crippen molar-refractivity contribution < 1.29 is 14.7 Å². The molecular formula is C13H18N2O3. The first-order chi connectivity index (χ1) is 8.54. The zero-order valence-electron chi connectivity index (χ0n) is 10.7. The largest absolute Gasteiger partial charge is 0.481 e. The molecule has 0 aliphatic carbocycles. The van der Waals surface area contributed by atoms with Crippen molar-refractivity contribution in [2.45, 2.75) is 32.7 Å². The topological polar surface area (TPSA) is 70.5 Å². The Balaban J connectivity index is 2.65. The average Bonchev–Trinajstić information content (AvgIpc) is 2.30. The maximum absolute atomic E-state index is 12.1. The molecule has 0 saturated heterocycles.